The molecule has 2 aromatic heterocycles. The van der Waals surface area contributed by atoms with E-state index in [1.807, 2.05) is 53.1 Å². The van der Waals surface area contributed by atoms with Gasteiger partial charge >= 0.3 is 0 Å². The zero-order chi connectivity index (χ0) is 26.2. The minimum atomic E-state index is -0.364. The van der Waals surface area contributed by atoms with E-state index in [2.05, 4.69) is 35.6 Å². The Kier molecular flexibility index (Phi) is 8.64. The number of hydrogen-bond donors (Lipinski definition) is 1. The highest BCUT2D eigenvalue weighted by atomic mass is 16.5. The third-order valence-corrected chi connectivity index (χ3v) is 6.28. The molecule has 4 aromatic rings. The normalized spacial score (nSPS) is 11.1. The number of likely N-dealkylation sites (N-methyl/N-ethyl adjacent to an activating group) is 1. The Morgan fingerprint density at radius 1 is 1.14 bits per heavy atom. The number of benzene rings is 2. The van der Waals surface area contributed by atoms with E-state index in [0.717, 1.165) is 42.7 Å². The first-order valence-electron chi connectivity index (χ1n) is 12.5. The lowest BCUT2D eigenvalue weighted by Gasteiger charge is -2.19. The molecule has 2 heterocycles. The summed E-state index contributed by atoms with van der Waals surface area (Å²) < 4.78 is 19.2. The number of aromatic nitrogens is 2. The number of ether oxygens (including phenoxy) is 2. The quantitative estimate of drug-likeness (QED) is 0.242. The van der Waals surface area contributed by atoms with Gasteiger partial charge in [-0.3, -0.25) is 10.1 Å². The molecule has 0 aliphatic carbocycles. The Hall–Kier alpha value is -4.04. The van der Waals surface area contributed by atoms with Gasteiger partial charge in [-0.25, -0.2) is 4.98 Å². The van der Waals surface area contributed by atoms with Crippen LogP contribution in [-0.4, -0.2) is 47.1 Å². The number of amides is 1. The molecular weight excluding hydrogens is 468 g/mol. The molecule has 8 nitrogen and oxygen atoms in total. The standard InChI is InChI=1S/C29H34N4O4/c1-5-10-21-13-15-25(27(19-21)35-4)36-20-22-14-16-26(37-22)28(34)31-29-30-23-11-8-9-12-24(23)33(29)18-17-32(6-2)7-3/h5,8-9,11-16,19H,1,6-7,10,17-18,20H2,2-4H3,(H,30,31,34). The molecular formula is C29H34N4O4. The highest BCUT2D eigenvalue weighted by molar-refractivity contribution is 6.02. The summed E-state index contributed by atoms with van der Waals surface area (Å²) in [5.41, 5.74) is 2.89. The number of nitrogens with one attached hydrogen (secondary N) is 1. The van der Waals surface area contributed by atoms with Gasteiger partial charge in [0.1, 0.15) is 12.4 Å². The minimum Gasteiger partial charge on any atom is -0.493 e. The molecule has 1 N–H and O–H groups in total. The van der Waals surface area contributed by atoms with Gasteiger partial charge in [-0.1, -0.05) is 38.1 Å². The van der Waals surface area contributed by atoms with Crippen LogP contribution in [0, 0.1) is 0 Å². The molecule has 0 bridgehead atoms. The Morgan fingerprint density at radius 3 is 2.70 bits per heavy atom. The number of methoxy groups -OCH3 is 1. The second kappa shape index (κ2) is 12.3. The van der Waals surface area contributed by atoms with Crippen LogP contribution >= 0.6 is 0 Å². The second-order valence-electron chi connectivity index (χ2n) is 8.59. The Labute approximate surface area is 217 Å². The van der Waals surface area contributed by atoms with Gasteiger partial charge in [0.25, 0.3) is 5.91 Å². The maximum absolute atomic E-state index is 13.0. The fraction of sp³-hybridized carbons (Fsp3) is 0.310. The van der Waals surface area contributed by atoms with E-state index in [-0.39, 0.29) is 18.3 Å². The largest absolute Gasteiger partial charge is 0.493 e. The van der Waals surface area contributed by atoms with Crippen LogP contribution in [0.15, 0.2) is 71.7 Å². The first kappa shape index (κ1) is 26.0. The Balaban J connectivity index is 1.45. The average Bonchev–Trinajstić information content (AvgIpc) is 3.53. The number of fused-ring (bicyclic) bond motifs is 1. The molecule has 194 valence electrons. The summed E-state index contributed by atoms with van der Waals surface area (Å²) in [6, 6.07) is 17.0. The monoisotopic (exact) mass is 502 g/mol. The summed E-state index contributed by atoms with van der Waals surface area (Å²) in [6.45, 7) is 11.7. The lowest BCUT2D eigenvalue weighted by Crippen LogP contribution is -2.27. The zero-order valence-electron chi connectivity index (χ0n) is 21.7. The topological polar surface area (TPSA) is 81.8 Å². The van der Waals surface area contributed by atoms with Gasteiger partial charge in [0.15, 0.2) is 17.3 Å². The van der Waals surface area contributed by atoms with Crippen LogP contribution < -0.4 is 14.8 Å². The van der Waals surface area contributed by atoms with Crippen molar-refractivity contribution in [2.24, 2.45) is 0 Å². The van der Waals surface area contributed by atoms with E-state index in [1.165, 1.54) is 0 Å². The van der Waals surface area contributed by atoms with Gasteiger partial charge in [-0.05, 0) is 61.5 Å². The van der Waals surface area contributed by atoms with Crippen molar-refractivity contribution in [3.63, 3.8) is 0 Å². The van der Waals surface area contributed by atoms with Crippen LogP contribution in [0.25, 0.3) is 11.0 Å². The fourth-order valence-electron chi connectivity index (χ4n) is 4.19. The van der Waals surface area contributed by atoms with Crippen molar-refractivity contribution in [3.05, 3.63) is 84.3 Å². The van der Waals surface area contributed by atoms with Gasteiger partial charge in [0.05, 0.1) is 18.1 Å². The van der Waals surface area contributed by atoms with Crippen molar-refractivity contribution in [2.45, 2.75) is 33.4 Å². The molecule has 0 aliphatic rings. The van der Waals surface area contributed by atoms with Crippen molar-refractivity contribution >= 4 is 22.9 Å². The number of anilines is 1. The molecule has 0 atom stereocenters. The number of imidazole rings is 1. The number of hydrogen-bond acceptors (Lipinski definition) is 6. The molecule has 8 heteroatoms. The first-order chi connectivity index (χ1) is 18.1. The fourth-order valence-corrected chi connectivity index (χ4v) is 4.19. The molecule has 0 unspecified atom stereocenters. The number of para-hydroxylation sites is 2. The summed E-state index contributed by atoms with van der Waals surface area (Å²) in [5.74, 6) is 2.08. The Morgan fingerprint density at radius 2 is 1.95 bits per heavy atom. The second-order valence-corrected chi connectivity index (χ2v) is 8.59. The zero-order valence-corrected chi connectivity index (χ0v) is 21.7. The molecule has 0 radical (unpaired) electrons. The highest BCUT2D eigenvalue weighted by Crippen LogP contribution is 2.29. The molecule has 0 fully saturated rings. The maximum atomic E-state index is 13.0. The van der Waals surface area contributed by atoms with Crippen molar-refractivity contribution < 1.29 is 18.7 Å². The molecule has 0 saturated carbocycles. The lowest BCUT2D eigenvalue weighted by molar-refractivity contribution is 0.0991. The van der Waals surface area contributed by atoms with Gasteiger partial charge in [0.2, 0.25) is 5.95 Å². The molecule has 0 spiro atoms. The van der Waals surface area contributed by atoms with Crippen molar-refractivity contribution in [1.29, 1.82) is 0 Å². The first-order valence-corrected chi connectivity index (χ1v) is 12.5. The van der Waals surface area contributed by atoms with Gasteiger partial charge in [0, 0.05) is 13.1 Å². The van der Waals surface area contributed by atoms with Crippen LogP contribution in [0.2, 0.25) is 0 Å². The van der Waals surface area contributed by atoms with E-state index < -0.39 is 0 Å². The number of allylic oxidation sites excluding steroid dienone is 1. The number of nitrogens with zero attached hydrogens (tertiary/aromatic N) is 3. The number of furan rings is 1. The molecule has 0 saturated heterocycles. The van der Waals surface area contributed by atoms with E-state index >= 15 is 0 Å². The van der Waals surface area contributed by atoms with E-state index in [9.17, 15) is 4.79 Å². The van der Waals surface area contributed by atoms with Crippen LogP contribution in [-0.2, 0) is 19.6 Å². The van der Waals surface area contributed by atoms with Crippen LogP contribution in [0.5, 0.6) is 11.5 Å². The lowest BCUT2D eigenvalue weighted by atomic mass is 10.1. The predicted molar refractivity (Wildman–Crippen MR) is 145 cm³/mol. The minimum absolute atomic E-state index is 0.160. The summed E-state index contributed by atoms with van der Waals surface area (Å²) in [7, 11) is 1.60. The summed E-state index contributed by atoms with van der Waals surface area (Å²) in [6.07, 6.45) is 2.58. The summed E-state index contributed by atoms with van der Waals surface area (Å²) in [5, 5.41) is 2.93. The third-order valence-electron chi connectivity index (χ3n) is 6.28. The highest BCUT2D eigenvalue weighted by Gasteiger charge is 2.18. The van der Waals surface area contributed by atoms with Gasteiger partial charge in [-0.2, -0.15) is 0 Å². The van der Waals surface area contributed by atoms with Gasteiger partial charge in [-0.15, -0.1) is 6.58 Å². The molecule has 1 amide bonds. The van der Waals surface area contributed by atoms with E-state index in [4.69, 9.17) is 13.9 Å². The Bertz CT molecular complexity index is 1350. The molecule has 2 aromatic carbocycles. The number of carbonyl (C=O) groups is 1. The molecule has 37 heavy (non-hydrogen) atoms. The van der Waals surface area contributed by atoms with E-state index in [0.29, 0.717) is 29.8 Å². The molecule has 4 rings (SSSR count). The summed E-state index contributed by atoms with van der Waals surface area (Å²) in [4.78, 5) is 20.0. The average molecular weight is 503 g/mol. The van der Waals surface area contributed by atoms with Crippen molar-refractivity contribution in [3.8, 4) is 11.5 Å². The summed E-state index contributed by atoms with van der Waals surface area (Å²) >= 11 is 0. The van der Waals surface area contributed by atoms with Gasteiger partial charge < -0.3 is 23.4 Å². The van der Waals surface area contributed by atoms with E-state index in [1.54, 1.807) is 19.2 Å². The van der Waals surface area contributed by atoms with Crippen molar-refractivity contribution in [1.82, 2.24) is 14.5 Å². The SMILES string of the molecule is C=CCc1ccc(OCc2ccc(C(=O)Nc3nc4ccccc4n3CCN(CC)CC)o2)c(OC)c1. The smallest absolute Gasteiger partial charge is 0.293 e. The van der Waals surface area contributed by atoms with Crippen LogP contribution in [0.4, 0.5) is 5.95 Å². The van der Waals surface area contributed by atoms with Crippen molar-refractivity contribution in [2.75, 3.05) is 32.1 Å². The third kappa shape index (κ3) is 6.21. The number of carbonyl (C=O) groups excluding carboxylic acids is 1. The maximum Gasteiger partial charge on any atom is 0.293 e. The van der Waals surface area contributed by atoms with Crippen LogP contribution in [0.3, 0.4) is 0 Å². The molecule has 0 aliphatic heterocycles. The number of rotatable bonds is 13. The van der Waals surface area contributed by atoms with Crippen LogP contribution in [0.1, 0.15) is 35.7 Å². The predicted octanol–water partition coefficient (Wildman–Crippen LogP) is 5.54.